The van der Waals surface area contributed by atoms with Crippen molar-refractivity contribution in [3.05, 3.63) is 29.8 Å². The molecule has 1 aliphatic heterocycles. The van der Waals surface area contributed by atoms with Crippen LogP contribution in [0.1, 0.15) is 24.2 Å². The largest absolute Gasteiger partial charge is 0.497 e. The Morgan fingerprint density at radius 2 is 2.00 bits per heavy atom. The number of hydrogen-bond donors (Lipinski definition) is 2. The van der Waals surface area contributed by atoms with Crippen LogP contribution < -0.4 is 15.4 Å². The number of benzene rings is 1. The van der Waals surface area contributed by atoms with E-state index in [-0.39, 0.29) is 47.7 Å². The molecule has 1 amide bonds. The average Bonchev–Trinajstić information content (AvgIpc) is 3.11. The molecule has 2 unspecified atom stereocenters. The number of hydrogen-bond acceptors (Lipinski definition) is 5. The zero-order valence-electron chi connectivity index (χ0n) is 17.4. The predicted octanol–water partition coefficient (Wildman–Crippen LogP) is 1.75. The first-order valence-corrected chi connectivity index (χ1v) is 9.53. The summed E-state index contributed by atoms with van der Waals surface area (Å²) in [6, 6.07) is 7.01. The van der Waals surface area contributed by atoms with Gasteiger partial charge in [0.05, 0.1) is 26.7 Å². The van der Waals surface area contributed by atoms with Crippen molar-refractivity contribution in [2.75, 3.05) is 46.9 Å². The first-order valence-electron chi connectivity index (χ1n) is 9.53. The molecule has 1 aromatic rings. The number of aliphatic imine (C=N–C) groups is 1. The number of rotatable bonds is 7. The van der Waals surface area contributed by atoms with Crippen LogP contribution in [-0.2, 0) is 9.53 Å². The Kier molecular flexibility index (Phi) is 10.8. The minimum atomic E-state index is -0.184. The number of likely N-dealkylation sites (tertiary alicyclic amines) is 1. The van der Waals surface area contributed by atoms with Gasteiger partial charge in [0.15, 0.2) is 5.96 Å². The summed E-state index contributed by atoms with van der Waals surface area (Å²) in [6.07, 6.45) is 0. The van der Waals surface area contributed by atoms with Crippen LogP contribution in [0.25, 0.3) is 0 Å². The topological polar surface area (TPSA) is 92.3 Å². The molecule has 0 bridgehead atoms. The fourth-order valence-corrected chi connectivity index (χ4v) is 3.22. The fraction of sp³-hybridized carbons (Fsp3) is 0.550. The highest BCUT2D eigenvalue weighted by atomic mass is 127. The lowest BCUT2D eigenvalue weighted by Gasteiger charge is -2.21. The Hall–Kier alpha value is -2.04. The molecule has 2 N–H and O–H groups in total. The Labute approximate surface area is 189 Å². The second-order valence-corrected chi connectivity index (χ2v) is 6.74. The van der Waals surface area contributed by atoms with Crippen LogP contribution in [0.15, 0.2) is 29.3 Å². The molecule has 0 aromatic heterocycles. The molecule has 0 radical (unpaired) electrons. The van der Waals surface area contributed by atoms with Gasteiger partial charge in [0.2, 0.25) is 0 Å². The van der Waals surface area contributed by atoms with E-state index in [4.69, 9.17) is 9.47 Å². The molecular formula is C20H31IN4O4. The number of nitrogens with zero attached hydrogens (tertiary/aromatic N) is 2. The molecule has 9 heteroatoms. The van der Waals surface area contributed by atoms with E-state index in [2.05, 4.69) is 20.5 Å². The van der Waals surface area contributed by atoms with E-state index in [1.165, 1.54) is 7.11 Å². The van der Waals surface area contributed by atoms with Gasteiger partial charge in [-0.15, -0.1) is 24.0 Å². The lowest BCUT2D eigenvalue weighted by Crippen LogP contribution is -2.41. The molecule has 162 valence electrons. The number of guanidine groups is 1. The quantitative estimate of drug-likeness (QED) is 0.188. The summed E-state index contributed by atoms with van der Waals surface area (Å²) in [6.45, 7) is 6.93. The number of ether oxygens (including phenoxy) is 2. The molecule has 2 atom stereocenters. The molecule has 8 nitrogen and oxygen atoms in total. The Balaban J connectivity index is 0.00000420. The Morgan fingerprint density at radius 3 is 2.66 bits per heavy atom. The van der Waals surface area contributed by atoms with Gasteiger partial charge in [-0.1, -0.05) is 13.0 Å². The highest BCUT2D eigenvalue weighted by molar-refractivity contribution is 14.0. The van der Waals surface area contributed by atoms with Gasteiger partial charge in [-0.25, -0.2) is 0 Å². The molecule has 1 heterocycles. The fourth-order valence-electron chi connectivity index (χ4n) is 3.22. The van der Waals surface area contributed by atoms with Crippen molar-refractivity contribution < 1.29 is 19.1 Å². The van der Waals surface area contributed by atoms with E-state index in [9.17, 15) is 9.59 Å². The highest BCUT2D eigenvalue weighted by Crippen LogP contribution is 2.24. The third-order valence-corrected chi connectivity index (χ3v) is 4.74. The molecule has 1 fully saturated rings. The first-order chi connectivity index (χ1) is 13.5. The third-order valence-electron chi connectivity index (χ3n) is 4.74. The van der Waals surface area contributed by atoms with Gasteiger partial charge in [-0.3, -0.25) is 14.6 Å². The van der Waals surface area contributed by atoms with Crippen LogP contribution in [0.2, 0.25) is 0 Å². The molecule has 0 aliphatic carbocycles. The molecule has 0 spiro atoms. The summed E-state index contributed by atoms with van der Waals surface area (Å²) in [5.41, 5.74) is 0.546. The smallest absolute Gasteiger partial charge is 0.310 e. The van der Waals surface area contributed by atoms with Crippen molar-refractivity contribution in [3.8, 4) is 5.75 Å². The SMILES string of the molecule is CCNC(=NCCNC(=O)c1cccc(OC)c1)N1CC(C)C(C(=O)OC)C1.I. The maximum Gasteiger partial charge on any atom is 0.310 e. The van der Waals surface area contributed by atoms with Crippen LogP contribution in [0.5, 0.6) is 5.75 Å². The summed E-state index contributed by atoms with van der Waals surface area (Å²) < 4.78 is 10.0. The summed E-state index contributed by atoms with van der Waals surface area (Å²) >= 11 is 0. The van der Waals surface area contributed by atoms with E-state index in [1.807, 2.05) is 13.8 Å². The van der Waals surface area contributed by atoms with Crippen LogP contribution in [-0.4, -0.2) is 69.7 Å². The predicted molar refractivity (Wildman–Crippen MR) is 123 cm³/mol. The van der Waals surface area contributed by atoms with Crippen molar-refractivity contribution in [1.29, 1.82) is 0 Å². The summed E-state index contributed by atoms with van der Waals surface area (Å²) in [7, 11) is 2.99. The number of esters is 1. The molecule has 29 heavy (non-hydrogen) atoms. The van der Waals surface area contributed by atoms with Crippen molar-refractivity contribution >= 4 is 41.8 Å². The van der Waals surface area contributed by atoms with E-state index >= 15 is 0 Å². The summed E-state index contributed by atoms with van der Waals surface area (Å²) in [5, 5.41) is 6.11. The standard InChI is InChI=1S/C20H30N4O4.HI/c1-5-21-20(24-12-14(2)17(13-24)19(26)28-4)23-10-9-22-18(25)15-7-6-8-16(11-15)27-3;/h6-8,11,14,17H,5,9-10,12-13H2,1-4H3,(H,21,23)(H,22,25);1H. The highest BCUT2D eigenvalue weighted by Gasteiger charge is 2.36. The molecule has 2 rings (SSSR count). The van der Waals surface area contributed by atoms with Gasteiger partial charge < -0.3 is 25.0 Å². The van der Waals surface area contributed by atoms with Gasteiger partial charge in [-0.05, 0) is 31.0 Å². The summed E-state index contributed by atoms with van der Waals surface area (Å²) in [4.78, 5) is 30.8. The van der Waals surface area contributed by atoms with E-state index in [0.717, 1.165) is 19.0 Å². The van der Waals surface area contributed by atoms with Crippen molar-refractivity contribution in [1.82, 2.24) is 15.5 Å². The second-order valence-electron chi connectivity index (χ2n) is 6.74. The first kappa shape index (κ1) is 25.0. The zero-order chi connectivity index (χ0) is 20.5. The number of carbonyl (C=O) groups excluding carboxylic acids is 2. The Bertz CT molecular complexity index is 713. The molecular weight excluding hydrogens is 487 g/mol. The minimum Gasteiger partial charge on any atom is -0.497 e. The Morgan fingerprint density at radius 1 is 1.24 bits per heavy atom. The van der Waals surface area contributed by atoms with Gasteiger partial charge >= 0.3 is 5.97 Å². The number of nitrogens with one attached hydrogen (secondary N) is 2. The van der Waals surface area contributed by atoms with Crippen LogP contribution in [0.4, 0.5) is 0 Å². The van der Waals surface area contributed by atoms with Crippen LogP contribution in [0.3, 0.4) is 0 Å². The van der Waals surface area contributed by atoms with Gasteiger partial charge in [0.1, 0.15) is 5.75 Å². The number of carbonyl (C=O) groups is 2. The number of amides is 1. The van der Waals surface area contributed by atoms with Gasteiger partial charge in [0, 0.05) is 31.7 Å². The minimum absolute atomic E-state index is 0. The van der Waals surface area contributed by atoms with E-state index < -0.39 is 0 Å². The van der Waals surface area contributed by atoms with Crippen molar-refractivity contribution in [2.45, 2.75) is 13.8 Å². The summed E-state index contributed by atoms with van der Waals surface area (Å²) in [5.74, 6) is 1.08. The molecule has 1 saturated heterocycles. The lowest BCUT2D eigenvalue weighted by molar-refractivity contribution is -0.145. The third kappa shape index (κ3) is 7.06. The van der Waals surface area contributed by atoms with Crippen LogP contribution in [0, 0.1) is 11.8 Å². The van der Waals surface area contributed by atoms with Crippen LogP contribution >= 0.6 is 24.0 Å². The monoisotopic (exact) mass is 518 g/mol. The second kappa shape index (κ2) is 12.5. The number of methoxy groups -OCH3 is 2. The number of halogens is 1. The average molecular weight is 518 g/mol. The lowest BCUT2D eigenvalue weighted by atomic mass is 9.99. The van der Waals surface area contributed by atoms with Crippen molar-refractivity contribution in [3.63, 3.8) is 0 Å². The van der Waals surface area contributed by atoms with Crippen molar-refractivity contribution in [2.24, 2.45) is 16.8 Å². The van der Waals surface area contributed by atoms with E-state index in [0.29, 0.717) is 30.9 Å². The zero-order valence-corrected chi connectivity index (χ0v) is 19.8. The maximum absolute atomic E-state index is 12.2. The maximum atomic E-state index is 12.2. The molecule has 0 saturated carbocycles. The van der Waals surface area contributed by atoms with Gasteiger partial charge in [0.25, 0.3) is 5.91 Å². The van der Waals surface area contributed by atoms with E-state index in [1.54, 1.807) is 31.4 Å². The molecule has 1 aliphatic rings. The van der Waals surface area contributed by atoms with Gasteiger partial charge in [-0.2, -0.15) is 0 Å². The molecule has 1 aromatic carbocycles. The normalized spacial score (nSPS) is 18.6.